The smallest absolute Gasteiger partial charge is 0.407 e. The SMILES string of the molecule is CCCCOC(=O)NCCCCCC(=O)OCC(COCc1ccc(OC)cc1)OC(C)(C)C. The van der Waals surface area contributed by atoms with Gasteiger partial charge in [0.2, 0.25) is 0 Å². The number of rotatable bonds is 17. The maximum Gasteiger partial charge on any atom is 0.407 e. The summed E-state index contributed by atoms with van der Waals surface area (Å²) in [5, 5.41) is 2.71. The Morgan fingerprint density at radius 1 is 0.971 bits per heavy atom. The average molecular weight is 482 g/mol. The zero-order valence-electron chi connectivity index (χ0n) is 21.5. The van der Waals surface area contributed by atoms with Crippen LogP contribution in [0.15, 0.2) is 24.3 Å². The second kappa shape index (κ2) is 17.2. The predicted molar refractivity (Wildman–Crippen MR) is 131 cm³/mol. The monoisotopic (exact) mass is 481 g/mol. The minimum absolute atomic E-state index is 0.143. The van der Waals surface area contributed by atoms with Crippen LogP contribution in [0.5, 0.6) is 5.75 Å². The van der Waals surface area contributed by atoms with Gasteiger partial charge in [-0.05, 0) is 57.7 Å². The molecule has 1 atom stereocenters. The third-order valence-electron chi connectivity index (χ3n) is 4.74. The minimum Gasteiger partial charge on any atom is -0.497 e. The van der Waals surface area contributed by atoms with Gasteiger partial charge in [0.15, 0.2) is 0 Å². The van der Waals surface area contributed by atoms with Crippen molar-refractivity contribution in [1.82, 2.24) is 5.32 Å². The fourth-order valence-electron chi connectivity index (χ4n) is 3.03. The highest BCUT2D eigenvalue weighted by Crippen LogP contribution is 2.15. The molecule has 0 saturated carbocycles. The van der Waals surface area contributed by atoms with Crippen molar-refractivity contribution in [3.63, 3.8) is 0 Å². The van der Waals surface area contributed by atoms with Gasteiger partial charge in [0.25, 0.3) is 0 Å². The Balaban J connectivity index is 2.24. The third kappa shape index (κ3) is 15.5. The molecule has 1 unspecified atom stereocenters. The summed E-state index contributed by atoms with van der Waals surface area (Å²) in [6, 6.07) is 7.67. The van der Waals surface area contributed by atoms with E-state index in [0.29, 0.717) is 39.2 Å². The Kier molecular flexibility index (Phi) is 15.0. The van der Waals surface area contributed by atoms with Crippen LogP contribution in [0.1, 0.15) is 71.8 Å². The molecular weight excluding hydrogens is 438 g/mol. The summed E-state index contributed by atoms with van der Waals surface area (Å²) >= 11 is 0. The molecule has 1 aromatic carbocycles. The number of ether oxygens (including phenoxy) is 5. The van der Waals surface area contributed by atoms with Gasteiger partial charge in [0, 0.05) is 13.0 Å². The topological polar surface area (TPSA) is 92.3 Å². The molecule has 1 N–H and O–H groups in total. The van der Waals surface area contributed by atoms with Crippen LogP contribution in [0.25, 0.3) is 0 Å². The third-order valence-corrected chi connectivity index (χ3v) is 4.74. The lowest BCUT2D eigenvalue weighted by Gasteiger charge is -2.27. The fourth-order valence-corrected chi connectivity index (χ4v) is 3.03. The molecule has 1 rings (SSSR count). The van der Waals surface area contributed by atoms with Gasteiger partial charge in [-0.3, -0.25) is 4.79 Å². The van der Waals surface area contributed by atoms with E-state index in [1.165, 1.54) is 0 Å². The van der Waals surface area contributed by atoms with Gasteiger partial charge in [-0.25, -0.2) is 4.79 Å². The zero-order valence-corrected chi connectivity index (χ0v) is 21.5. The molecule has 0 aliphatic heterocycles. The van der Waals surface area contributed by atoms with E-state index < -0.39 is 0 Å². The molecule has 1 amide bonds. The Morgan fingerprint density at radius 2 is 1.71 bits per heavy atom. The number of carbonyl (C=O) groups is 2. The van der Waals surface area contributed by atoms with Crippen LogP contribution in [-0.4, -0.2) is 57.2 Å². The van der Waals surface area contributed by atoms with Crippen LogP contribution in [0, 0.1) is 0 Å². The van der Waals surface area contributed by atoms with E-state index in [-0.39, 0.29) is 30.4 Å². The second-order valence-corrected chi connectivity index (χ2v) is 9.13. The normalized spacial score (nSPS) is 12.1. The largest absolute Gasteiger partial charge is 0.497 e. The lowest BCUT2D eigenvalue weighted by molar-refractivity contribution is -0.157. The van der Waals surface area contributed by atoms with Crippen molar-refractivity contribution in [1.29, 1.82) is 0 Å². The molecule has 1 aromatic rings. The van der Waals surface area contributed by atoms with Crippen molar-refractivity contribution in [2.45, 2.75) is 84.5 Å². The van der Waals surface area contributed by atoms with Crippen molar-refractivity contribution >= 4 is 12.1 Å². The van der Waals surface area contributed by atoms with E-state index in [4.69, 9.17) is 23.7 Å². The number of hydrogen-bond donors (Lipinski definition) is 1. The van der Waals surface area contributed by atoms with E-state index in [1.807, 2.05) is 52.0 Å². The molecular formula is C26H43NO7. The first-order valence-electron chi connectivity index (χ1n) is 12.2. The van der Waals surface area contributed by atoms with Crippen molar-refractivity contribution in [2.24, 2.45) is 0 Å². The summed E-state index contributed by atoms with van der Waals surface area (Å²) in [4.78, 5) is 23.6. The van der Waals surface area contributed by atoms with Crippen molar-refractivity contribution in [2.75, 3.05) is 33.5 Å². The van der Waals surface area contributed by atoms with E-state index in [0.717, 1.165) is 37.0 Å². The fraction of sp³-hybridized carbons (Fsp3) is 0.692. The highest BCUT2D eigenvalue weighted by Gasteiger charge is 2.21. The molecule has 0 aliphatic carbocycles. The number of esters is 1. The first kappa shape index (κ1) is 29.7. The van der Waals surface area contributed by atoms with Crippen LogP contribution < -0.4 is 10.1 Å². The molecule has 0 bridgehead atoms. The van der Waals surface area contributed by atoms with Crippen LogP contribution in [-0.2, 0) is 30.3 Å². The molecule has 0 aliphatic rings. The first-order chi connectivity index (χ1) is 16.2. The van der Waals surface area contributed by atoms with Crippen LogP contribution in [0.2, 0.25) is 0 Å². The number of methoxy groups -OCH3 is 1. The highest BCUT2D eigenvalue weighted by molar-refractivity contribution is 5.69. The van der Waals surface area contributed by atoms with Crippen molar-refractivity contribution in [3.8, 4) is 5.75 Å². The molecule has 0 radical (unpaired) electrons. The molecule has 34 heavy (non-hydrogen) atoms. The average Bonchev–Trinajstić information content (AvgIpc) is 2.79. The maximum absolute atomic E-state index is 12.1. The van der Waals surface area contributed by atoms with Crippen LogP contribution in [0.3, 0.4) is 0 Å². The van der Waals surface area contributed by atoms with Crippen molar-refractivity contribution < 1.29 is 33.3 Å². The Morgan fingerprint density at radius 3 is 2.35 bits per heavy atom. The first-order valence-corrected chi connectivity index (χ1v) is 12.2. The van der Waals surface area contributed by atoms with Gasteiger partial charge in [-0.1, -0.05) is 31.9 Å². The number of unbranched alkanes of at least 4 members (excludes halogenated alkanes) is 3. The molecule has 0 spiro atoms. The number of nitrogens with one attached hydrogen (secondary N) is 1. The number of carbonyl (C=O) groups excluding carboxylic acids is 2. The zero-order chi connectivity index (χ0) is 25.2. The molecule has 8 heteroatoms. The van der Waals surface area contributed by atoms with E-state index in [9.17, 15) is 9.59 Å². The summed E-state index contributed by atoms with van der Waals surface area (Å²) in [6.07, 6.45) is 3.74. The highest BCUT2D eigenvalue weighted by atomic mass is 16.6. The van der Waals surface area contributed by atoms with Gasteiger partial charge in [0.05, 0.1) is 32.5 Å². The molecule has 0 fully saturated rings. The second-order valence-electron chi connectivity index (χ2n) is 9.13. The Hall–Kier alpha value is -2.32. The standard InChI is InChI=1S/C26H43NO7/c1-6-7-17-32-25(29)27-16-10-8-9-11-24(28)33-20-23(34-26(2,3)4)19-31-18-21-12-14-22(30-5)15-13-21/h12-15,23H,6-11,16-20H2,1-5H3,(H,27,29). The molecule has 194 valence electrons. The van der Waals surface area contributed by atoms with Crippen LogP contribution in [0.4, 0.5) is 4.79 Å². The number of benzene rings is 1. The van der Waals surface area contributed by atoms with Gasteiger partial charge >= 0.3 is 12.1 Å². The lowest BCUT2D eigenvalue weighted by Crippen LogP contribution is -2.34. The van der Waals surface area contributed by atoms with E-state index in [1.54, 1.807) is 7.11 Å². The van der Waals surface area contributed by atoms with Gasteiger partial charge in [-0.2, -0.15) is 0 Å². The minimum atomic E-state index is -0.384. The van der Waals surface area contributed by atoms with Crippen LogP contribution >= 0.6 is 0 Å². The molecule has 0 saturated heterocycles. The van der Waals surface area contributed by atoms with Gasteiger partial charge in [0.1, 0.15) is 18.5 Å². The summed E-state index contributed by atoms with van der Waals surface area (Å²) in [5.74, 6) is 0.537. The predicted octanol–water partition coefficient (Wildman–Crippen LogP) is 5.03. The van der Waals surface area contributed by atoms with Crippen molar-refractivity contribution in [3.05, 3.63) is 29.8 Å². The summed E-state index contributed by atoms with van der Waals surface area (Å²) in [7, 11) is 1.63. The summed E-state index contributed by atoms with van der Waals surface area (Å²) in [5.41, 5.74) is 0.640. The number of amides is 1. The maximum atomic E-state index is 12.1. The summed E-state index contributed by atoms with van der Waals surface area (Å²) < 4.78 is 27.4. The van der Waals surface area contributed by atoms with E-state index in [2.05, 4.69) is 5.32 Å². The lowest BCUT2D eigenvalue weighted by atomic mass is 10.2. The van der Waals surface area contributed by atoms with Gasteiger partial charge < -0.3 is 29.0 Å². The summed E-state index contributed by atoms with van der Waals surface area (Å²) in [6.45, 7) is 9.79. The quantitative estimate of drug-likeness (QED) is 0.246. The molecule has 8 nitrogen and oxygen atoms in total. The van der Waals surface area contributed by atoms with Gasteiger partial charge in [-0.15, -0.1) is 0 Å². The number of alkyl carbamates (subject to hydrolysis) is 1. The Labute approximate surface area is 204 Å². The Bertz CT molecular complexity index is 685. The number of hydrogen-bond acceptors (Lipinski definition) is 7. The molecule has 0 aromatic heterocycles. The molecule has 0 heterocycles. The van der Waals surface area contributed by atoms with E-state index >= 15 is 0 Å².